The van der Waals surface area contributed by atoms with E-state index < -0.39 is 6.03 Å². The number of nitrogens with zero attached hydrogens (tertiary/aromatic N) is 2. The molecule has 7 heteroatoms. The zero-order valence-electron chi connectivity index (χ0n) is 14.9. The van der Waals surface area contributed by atoms with Crippen molar-refractivity contribution < 1.29 is 9.59 Å². The summed E-state index contributed by atoms with van der Waals surface area (Å²) in [5.74, 6) is -0.346. The van der Waals surface area contributed by atoms with Gasteiger partial charge in [0.05, 0.1) is 11.3 Å². The Kier molecular flexibility index (Phi) is 6.82. The summed E-state index contributed by atoms with van der Waals surface area (Å²) < 4.78 is 0. The fraction of sp³-hybridized carbons (Fsp3) is 0.556. The van der Waals surface area contributed by atoms with E-state index in [0.29, 0.717) is 10.6 Å². The van der Waals surface area contributed by atoms with Crippen LogP contribution < -0.4 is 10.6 Å². The van der Waals surface area contributed by atoms with Gasteiger partial charge in [-0.2, -0.15) is 5.26 Å². The minimum atomic E-state index is -0.442. The average molecular weight is 360 g/mol. The molecule has 0 atom stereocenters. The van der Waals surface area contributed by atoms with E-state index in [-0.39, 0.29) is 17.7 Å². The predicted molar refractivity (Wildman–Crippen MR) is 97.4 cm³/mol. The van der Waals surface area contributed by atoms with Crippen molar-refractivity contribution in [2.24, 2.45) is 0 Å². The second-order valence-corrected chi connectivity index (χ2v) is 7.35. The van der Waals surface area contributed by atoms with Crippen molar-refractivity contribution in [2.75, 3.05) is 5.75 Å². The van der Waals surface area contributed by atoms with Crippen molar-refractivity contribution >= 4 is 23.7 Å². The molecule has 0 radical (unpaired) electrons. The summed E-state index contributed by atoms with van der Waals surface area (Å²) >= 11 is 1.18. The standard InChI is InChI=1S/C18H24N4O2S/c1-11-12(2)15(9-19)17(20-13(11)3)25-10-16(23)22-18(24)21-14-7-5-4-6-8-14/h14H,4-8,10H2,1-3H3,(H2,21,22,23,24). The number of carbonyl (C=O) groups is 2. The Hall–Kier alpha value is -2.07. The number of nitrogens with one attached hydrogen (secondary N) is 2. The third-order valence-electron chi connectivity index (χ3n) is 4.61. The van der Waals surface area contributed by atoms with Crippen molar-refractivity contribution in [1.82, 2.24) is 15.6 Å². The lowest BCUT2D eigenvalue weighted by Crippen LogP contribution is -2.45. The average Bonchev–Trinajstić information content (AvgIpc) is 2.58. The smallest absolute Gasteiger partial charge is 0.321 e. The molecule has 1 aliphatic carbocycles. The number of nitriles is 1. The van der Waals surface area contributed by atoms with Crippen LogP contribution in [-0.4, -0.2) is 28.7 Å². The molecule has 1 aromatic rings. The van der Waals surface area contributed by atoms with Gasteiger partial charge in [0.1, 0.15) is 11.1 Å². The van der Waals surface area contributed by atoms with Gasteiger partial charge in [-0.25, -0.2) is 9.78 Å². The second-order valence-electron chi connectivity index (χ2n) is 6.38. The number of aryl methyl sites for hydroxylation is 1. The van der Waals surface area contributed by atoms with E-state index in [1.807, 2.05) is 20.8 Å². The number of amides is 3. The highest BCUT2D eigenvalue weighted by Crippen LogP contribution is 2.26. The number of thioether (sulfide) groups is 1. The Bertz CT molecular complexity index is 706. The number of aromatic nitrogens is 1. The fourth-order valence-corrected chi connectivity index (χ4v) is 3.80. The molecule has 1 aromatic heterocycles. The second kappa shape index (κ2) is 8.86. The van der Waals surface area contributed by atoms with Crippen molar-refractivity contribution in [1.29, 1.82) is 5.26 Å². The summed E-state index contributed by atoms with van der Waals surface area (Å²) in [4.78, 5) is 28.3. The lowest BCUT2D eigenvalue weighted by molar-refractivity contribution is -0.117. The third kappa shape index (κ3) is 5.20. The van der Waals surface area contributed by atoms with E-state index in [2.05, 4.69) is 21.7 Å². The van der Waals surface area contributed by atoms with E-state index in [9.17, 15) is 14.9 Å². The van der Waals surface area contributed by atoms with Crippen LogP contribution in [0.4, 0.5) is 4.79 Å². The van der Waals surface area contributed by atoms with Crippen LogP contribution in [0.15, 0.2) is 5.03 Å². The Morgan fingerprint density at radius 1 is 1.20 bits per heavy atom. The summed E-state index contributed by atoms with van der Waals surface area (Å²) in [5.41, 5.74) is 3.20. The molecule has 0 unspecified atom stereocenters. The van der Waals surface area contributed by atoms with E-state index in [1.165, 1.54) is 18.2 Å². The molecule has 1 aliphatic rings. The van der Waals surface area contributed by atoms with Crippen LogP contribution in [0.2, 0.25) is 0 Å². The summed E-state index contributed by atoms with van der Waals surface area (Å²) in [6.45, 7) is 5.69. The molecule has 0 aliphatic heterocycles. The quantitative estimate of drug-likeness (QED) is 0.804. The van der Waals surface area contributed by atoms with E-state index in [4.69, 9.17) is 0 Å². The van der Waals surface area contributed by atoms with Crippen LogP contribution in [0.1, 0.15) is 54.5 Å². The molecule has 3 amide bonds. The summed E-state index contributed by atoms with van der Waals surface area (Å²) in [6, 6.07) is 1.87. The van der Waals surface area contributed by atoms with E-state index in [0.717, 1.165) is 42.5 Å². The van der Waals surface area contributed by atoms with Gasteiger partial charge in [-0.05, 0) is 44.7 Å². The van der Waals surface area contributed by atoms with E-state index >= 15 is 0 Å². The highest BCUT2D eigenvalue weighted by Gasteiger charge is 2.18. The number of carbonyl (C=O) groups excluding carboxylic acids is 2. The molecule has 0 saturated heterocycles. The molecule has 1 saturated carbocycles. The summed E-state index contributed by atoms with van der Waals surface area (Å²) in [5, 5.41) is 15.1. The van der Waals surface area contributed by atoms with Gasteiger partial charge in [0.15, 0.2) is 0 Å². The number of urea groups is 1. The van der Waals surface area contributed by atoms with Crippen molar-refractivity contribution in [3.63, 3.8) is 0 Å². The normalized spacial score (nSPS) is 14.6. The van der Waals surface area contributed by atoms with Gasteiger partial charge in [0.2, 0.25) is 5.91 Å². The molecule has 0 aromatic carbocycles. The monoisotopic (exact) mass is 360 g/mol. The van der Waals surface area contributed by atoms with Gasteiger partial charge in [0, 0.05) is 11.7 Å². The van der Waals surface area contributed by atoms with E-state index in [1.54, 1.807) is 0 Å². The van der Waals surface area contributed by atoms with Crippen molar-refractivity contribution in [3.8, 4) is 6.07 Å². The molecule has 1 fully saturated rings. The molecule has 6 nitrogen and oxygen atoms in total. The van der Waals surface area contributed by atoms with Crippen LogP contribution in [-0.2, 0) is 4.79 Å². The Morgan fingerprint density at radius 3 is 2.52 bits per heavy atom. The number of hydrogen-bond acceptors (Lipinski definition) is 5. The Morgan fingerprint density at radius 2 is 1.88 bits per heavy atom. The first-order valence-corrected chi connectivity index (χ1v) is 9.52. The minimum Gasteiger partial charge on any atom is -0.335 e. The van der Waals surface area contributed by atoms with Crippen LogP contribution in [0.3, 0.4) is 0 Å². The molecule has 134 valence electrons. The maximum Gasteiger partial charge on any atom is 0.321 e. The maximum absolute atomic E-state index is 12.0. The molecule has 0 spiro atoms. The number of imide groups is 1. The minimum absolute atomic E-state index is 0.0434. The Labute approximate surface area is 152 Å². The summed E-state index contributed by atoms with van der Waals surface area (Å²) in [7, 11) is 0. The lowest BCUT2D eigenvalue weighted by Gasteiger charge is -2.22. The Balaban J connectivity index is 1.89. The predicted octanol–water partition coefficient (Wildman–Crippen LogP) is 3.13. The first-order valence-electron chi connectivity index (χ1n) is 8.53. The van der Waals surface area contributed by atoms with Crippen LogP contribution in [0.5, 0.6) is 0 Å². The molecule has 2 rings (SSSR count). The van der Waals surface area contributed by atoms with Crippen LogP contribution >= 0.6 is 11.8 Å². The van der Waals surface area contributed by atoms with Crippen LogP contribution in [0, 0.1) is 32.1 Å². The molecule has 1 heterocycles. The zero-order valence-corrected chi connectivity index (χ0v) is 15.8. The largest absolute Gasteiger partial charge is 0.335 e. The molecule has 25 heavy (non-hydrogen) atoms. The number of rotatable bonds is 4. The first-order chi connectivity index (χ1) is 11.9. The first kappa shape index (κ1) is 19.3. The van der Waals surface area contributed by atoms with Gasteiger partial charge >= 0.3 is 6.03 Å². The molecule has 0 bridgehead atoms. The fourth-order valence-electron chi connectivity index (χ4n) is 2.91. The zero-order chi connectivity index (χ0) is 18.4. The molecule has 2 N–H and O–H groups in total. The van der Waals surface area contributed by atoms with Gasteiger partial charge in [-0.3, -0.25) is 10.1 Å². The summed E-state index contributed by atoms with van der Waals surface area (Å²) in [6.07, 6.45) is 5.37. The SMILES string of the molecule is Cc1nc(SCC(=O)NC(=O)NC2CCCCC2)c(C#N)c(C)c1C. The number of pyridine rings is 1. The van der Waals surface area contributed by atoms with Crippen molar-refractivity contribution in [3.05, 3.63) is 22.4 Å². The van der Waals surface area contributed by atoms with Crippen LogP contribution in [0.25, 0.3) is 0 Å². The van der Waals surface area contributed by atoms with Gasteiger partial charge in [0.25, 0.3) is 0 Å². The highest BCUT2D eigenvalue weighted by atomic mass is 32.2. The van der Waals surface area contributed by atoms with Gasteiger partial charge < -0.3 is 5.32 Å². The topological polar surface area (TPSA) is 94.9 Å². The molecular weight excluding hydrogens is 336 g/mol. The van der Waals surface area contributed by atoms with Gasteiger partial charge in [-0.15, -0.1) is 0 Å². The van der Waals surface area contributed by atoms with Crippen molar-refractivity contribution in [2.45, 2.75) is 63.9 Å². The maximum atomic E-state index is 12.0. The highest BCUT2D eigenvalue weighted by molar-refractivity contribution is 8.00. The lowest BCUT2D eigenvalue weighted by atomic mass is 9.96. The van der Waals surface area contributed by atoms with Gasteiger partial charge in [-0.1, -0.05) is 31.0 Å². The molecular formula is C18H24N4O2S. The third-order valence-corrected chi connectivity index (χ3v) is 5.58. The number of hydrogen-bond donors (Lipinski definition) is 2.